The number of aromatic nitrogens is 2. The van der Waals surface area contributed by atoms with Crippen molar-refractivity contribution in [2.45, 2.75) is 50.5 Å². The highest BCUT2D eigenvalue weighted by molar-refractivity contribution is 7.12. The summed E-state index contributed by atoms with van der Waals surface area (Å²) in [6, 6.07) is 3.32. The Kier molecular flexibility index (Phi) is 4.58. The maximum absolute atomic E-state index is 14.1. The van der Waals surface area contributed by atoms with Gasteiger partial charge in [-0.15, -0.1) is 10.2 Å². The lowest BCUT2D eigenvalue weighted by atomic mass is 9.96. The van der Waals surface area contributed by atoms with Gasteiger partial charge in [0.2, 0.25) is 0 Å². The van der Waals surface area contributed by atoms with Crippen LogP contribution >= 0.6 is 11.3 Å². The molecule has 4 aliphatic heterocycles. The van der Waals surface area contributed by atoms with E-state index in [1.54, 1.807) is 4.90 Å². The molecular formula is C22H21F2N5O3S. The number of allylic oxidation sites excluding steroid dienone is 1. The van der Waals surface area contributed by atoms with Crippen molar-refractivity contribution in [2.75, 3.05) is 6.54 Å². The summed E-state index contributed by atoms with van der Waals surface area (Å²) >= 11 is 1.18. The molecule has 0 saturated carbocycles. The van der Waals surface area contributed by atoms with E-state index in [4.69, 9.17) is 0 Å². The number of rotatable bonds is 3. The molecular weight excluding hydrogens is 452 g/mol. The molecule has 3 saturated heterocycles. The number of piperazine rings is 1. The number of nitrogens with zero attached hydrogens (tertiary/aromatic N) is 4. The monoisotopic (exact) mass is 473 g/mol. The van der Waals surface area contributed by atoms with Gasteiger partial charge in [0.25, 0.3) is 5.91 Å². The van der Waals surface area contributed by atoms with E-state index in [1.165, 1.54) is 23.5 Å². The van der Waals surface area contributed by atoms with Crippen molar-refractivity contribution < 1.29 is 23.8 Å². The molecule has 3 unspecified atom stereocenters. The number of aliphatic hydroxyl groups is 2. The highest BCUT2D eigenvalue weighted by atomic mass is 32.1. The van der Waals surface area contributed by atoms with Gasteiger partial charge in [-0.3, -0.25) is 10.1 Å². The Bertz CT molecular complexity index is 1240. The molecule has 33 heavy (non-hydrogen) atoms. The smallest absolute Gasteiger partial charge is 0.275 e. The van der Waals surface area contributed by atoms with Gasteiger partial charge in [0.15, 0.2) is 5.76 Å². The first-order valence-electron chi connectivity index (χ1n) is 10.8. The SMILES string of the molecule is C[C@H]1CNC2C3CCC4=C(c5nnc(Cc6ccc(F)cc6F)s5)C(O)C(O)=C(C(=O)N21)N43. The second-order valence-corrected chi connectivity index (χ2v) is 9.86. The quantitative estimate of drug-likeness (QED) is 0.626. The summed E-state index contributed by atoms with van der Waals surface area (Å²) in [7, 11) is 0. The minimum Gasteiger partial charge on any atom is -0.507 e. The highest BCUT2D eigenvalue weighted by Gasteiger charge is 2.55. The van der Waals surface area contributed by atoms with E-state index in [0.717, 1.165) is 18.2 Å². The van der Waals surface area contributed by atoms with Gasteiger partial charge in [0.1, 0.15) is 39.6 Å². The minimum atomic E-state index is -1.40. The van der Waals surface area contributed by atoms with Crippen LogP contribution in [0.2, 0.25) is 0 Å². The van der Waals surface area contributed by atoms with Crippen LogP contribution in [0.25, 0.3) is 5.57 Å². The average Bonchev–Trinajstić information content (AvgIpc) is 3.50. The van der Waals surface area contributed by atoms with Crippen LogP contribution in [0.5, 0.6) is 0 Å². The van der Waals surface area contributed by atoms with Gasteiger partial charge in [-0.05, 0) is 31.4 Å². The number of aliphatic hydroxyl groups excluding tert-OH is 2. The summed E-state index contributed by atoms with van der Waals surface area (Å²) < 4.78 is 27.3. The van der Waals surface area contributed by atoms with Crippen LogP contribution in [0, 0.1) is 11.6 Å². The highest BCUT2D eigenvalue weighted by Crippen LogP contribution is 2.48. The molecule has 172 valence electrons. The zero-order chi connectivity index (χ0) is 23.0. The number of carbonyl (C=O) groups is 1. The third kappa shape index (κ3) is 2.95. The fraction of sp³-hybridized carbons (Fsp3) is 0.409. The number of benzene rings is 1. The Morgan fingerprint density at radius 2 is 2.12 bits per heavy atom. The molecule has 3 fully saturated rings. The number of halogens is 2. The largest absolute Gasteiger partial charge is 0.507 e. The van der Waals surface area contributed by atoms with E-state index >= 15 is 0 Å². The standard InChI is InChI=1S/C22H21F2N5O3S/c1-9-8-25-20-14-5-4-13-16(18(30)19(31)17(29(13)14)22(32)28(9)20)21-27-26-15(33-21)6-10-2-3-11(23)7-12(10)24/h2-3,7,9,14,18,20,25,30-31H,4-6,8H2,1H3/t9-,14?,18?,20?/m0/s1. The number of amides is 1. The van der Waals surface area contributed by atoms with Crippen LogP contribution < -0.4 is 5.32 Å². The van der Waals surface area contributed by atoms with Gasteiger partial charge in [0, 0.05) is 36.3 Å². The molecule has 0 radical (unpaired) electrons. The van der Waals surface area contributed by atoms with Gasteiger partial charge >= 0.3 is 0 Å². The van der Waals surface area contributed by atoms with E-state index in [1.807, 2.05) is 11.8 Å². The predicted octanol–water partition coefficient (Wildman–Crippen LogP) is 1.89. The Morgan fingerprint density at radius 1 is 1.30 bits per heavy atom. The summed E-state index contributed by atoms with van der Waals surface area (Å²) in [5, 5.41) is 34.6. The van der Waals surface area contributed by atoms with Crippen molar-refractivity contribution in [3.63, 3.8) is 0 Å². The number of hydrogen-bond acceptors (Lipinski definition) is 8. The van der Waals surface area contributed by atoms with Crippen molar-refractivity contribution >= 4 is 22.8 Å². The van der Waals surface area contributed by atoms with Crippen LogP contribution in [0.4, 0.5) is 8.78 Å². The van der Waals surface area contributed by atoms with Crippen LogP contribution in [0.3, 0.4) is 0 Å². The van der Waals surface area contributed by atoms with Gasteiger partial charge in [0.05, 0.1) is 6.04 Å². The van der Waals surface area contributed by atoms with Crippen molar-refractivity contribution in [2.24, 2.45) is 0 Å². The van der Waals surface area contributed by atoms with Crippen LogP contribution in [0.1, 0.15) is 35.3 Å². The predicted molar refractivity (Wildman–Crippen MR) is 115 cm³/mol. The second-order valence-electron chi connectivity index (χ2n) is 8.80. The van der Waals surface area contributed by atoms with E-state index in [-0.39, 0.29) is 47.6 Å². The molecule has 1 amide bonds. The molecule has 5 heterocycles. The molecule has 2 aromatic rings. The molecule has 1 aromatic heterocycles. The van der Waals surface area contributed by atoms with Crippen molar-refractivity contribution in [1.29, 1.82) is 0 Å². The molecule has 1 aromatic carbocycles. The van der Waals surface area contributed by atoms with Crippen molar-refractivity contribution in [3.8, 4) is 0 Å². The number of nitrogens with one attached hydrogen (secondary N) is 1. The summed E-state index contributed by atoms with van der Waals surface area (Å²) in [5.74, 6) is -2.00. The Hall–Kier alpha value is -2.89. The van der Waals surface area contributed by atoms with Gasteiger partial charge in [-0.2, -0.15) is 0 Å². The van der Waals surface area contributed by atoms with E-state index in [9.17, 15) is 23.8 Å². The number of fused-ring (bicyclic) bond motifs is 2. The number of carbonyl (C=O) groups excluding carboxylic acids is 1. The normalized spacial score (nSPS) is 28.7. The summed E-state index contributed by atoms with van der Waals surface area (Å²) in [6.45, 7) is 2.63. The molecule has 4 aliphatic rings. The van der Waals surface area contributed by atoms with E-state index in [2.05, 4.69) is 15.5 Å². The second kappa shape index (κ2) is 7.31. The molecule has 0 bridgehead atoms. The van der Waals surface area contributed by atoms with Gasteiger partial charge in [-0.25, -0.2) is 8.78 Å². The Morgan fingerprint density at radius 3 is 2.91 bits per heavy atom. The fourth-order valence-corrected chi connectivity index (χ4v) is 6.35. The summed E-state index contributed by atoms with van der Waals surface area (Å²) in [6.07, 6.45) is -0.0743. The third-order valence-electron chi connectivity index (χ3n) is 6.88. The van der Waals surface area contributed by atoms with E-state index in [0.29, 0.717) is 28.6 Å². The maximum atomic E-state index is 14.1. The Labute approximate surface area is 191 Å². The maximum Gasteiger partial charge on any atom is 0.275 e. The molecule has 4 atom stereocenters. The topological polar surface area (TPSA) is 102 Å². The van der Waals surface area contributed by atoms with Crippen LogP contribution in [0.15, 0.2) is 35.4 Å². The first-order valence-corrected chi connectivity index (χ1v) is 11.6. The first-order chi connectivity index (χ1) is 15.8. The van der Waals surface area contributed by atoms with Crippen LogP contribution in [-0.2, 0) is 11.2 Å². The zero-order valence-electron chi connectivity index (χ0n) is 17.6. The molecule has 6 rings (SSSR count). The zero-order valence-corrected chi connectivity index (χ0v) is 18.4. The van der Waals surface area contributed by atoms with Gasteiger partial charge < -0.3 is 20.0 Å². The van der Waals surface area contributed by atoms with Crippen molar-refractivity contribution in [1.82, 2.24) is 25.3 Å². The molecule has 11 heteroatoms. The molecule has 3 N–H and O–H groups in total. The molecule has 0 aliphatic carbocycles. The minimum absolute atomic E-state index is 0.00547. The molecule has 8 nitrogen and oxygen atoms in total. The molecule has 0 spiro atoms. The van der Waals surface area contributed by atoms with Crippen LogP contribution in [-0.4, -0.2) is 67.0 Å². The average molecular weight is 474 g/mol. The van der Waals surface area contributed by atoms with Gasteiger partial charge in [-0.1, -0.05) is 17.4 Å². The summed E-state index contributed by atoms with van der Waals surface area (Å²) in [5.41, 5.74) is 1.60. The van der Waals surface area contributed by atoms with Crippen molar-refractivity contribution in [3.05, 3.63) is 62.6 Å². The van der Waals surface area contributed by atoms with E-state index < -0.39 is 17.7 Å². The Balaban J connectivity index is 1.37. The first kappa shape index (κ1) is 20.7. The third-order valence-corrected chi connectivity index (χ3v) is 7.84. The lowest BCUT2D eigenvalue weighted by Crippen LogP contribution is -2.61. The summed E-state index contributed by atoms with van der Waals surface area (Å²) in [4.78, 5) is 16.8. The lowest BCUT2D eigenvalue weighted by molar-refractivity contribution is -0.137. The fourth-order valence-electron chi connectivity index (χ4n) is 5.39. The number of hydrogen-bond donors (Lipinski definition) is 3. The lowest BCUT2D eigenvalue weighted by Gasteiger charge is -2.46.